The highest BCUT2D eigenvalue weighted by molar-refractivity contribution is 5.95. The van der Waals surface area contributed by atoms with Gasteiger partial charge in [0.25, 0.3) is 0 Å². The van der Waals surface area contributed by atoms with Crippen molar-refractivity contribution in [2.75, 3.05) is 18.6 Å². The number of rotatable bonds is 5. The number of carbonyl (C=O) groups is 2. The number of amides is 1. The van der Waals surface area contributed by atoms with Crippen LogP contribution in [0.25, 0.3) is 0 Å². The van der Waals surface area contributed by atoms with Gasteiger partial charge >= 0.3 is 5.97 Å². The third kappa shape index (κ3) is 3.96. The summed E-state index contributed by atoms with van der Waals surface area (Å²) in [4.78, 5) is 25.7. The molecule has 2 fully saturated rings. The number of esters is 1. The fourth-order valence-electron chi connectivity index (χ4n) is 3.56. The summed E-state index contributed by atoms with van der Waals surface area (Å²) in [6.07, 6.45) is 5.71. The molecule has 1 heterocycles. The lowest BCUT2D eigenvalue weighted by Gasteiger charge is -2.29. The smallest absolute Gasteiger partial charge is 0.310 e. The van der Waals surface area contributed by atoms with Crippen molar-refractivity contribution < 1.29 is 19.1 Å². The van der Waals surface area contributed by atoms with E-state index in [9.17, 15) is 9.59 Å². The van der Waals surface area contributed by atoms with Gasteiger partial charge in [-0.2, -0.15) is 0 Å². The second-order valence-electron chi connectivity index (χ2n) is 6.58. The van der Waals surface area contributed by atoms with Gasteiger partial charge in [-0.05, 0) is 43.4 Å². The summed E-state index contributed by atoms with van der Waals surface area (Å²) >= 11 is 0. The maximum atomic E-state index is 12.2. The van der Waals surface area contributed by atoms with Crippen LogP contribution in [0.2, 0.25) is 0 Å². The molecular weight excluding hydrogens is 306 g/mol. The van der Waals surface area contributed by atoms with Gasteiger partial charge in [0.15, 0.2) is 0 Å². The molecule has 2 aliphatic rings. The first kappa shape index (κ1) is 17.0. The van der Waals surface area contributed by atoms with Gasteiger partial charge in [0, 0.05) is 25.8 Å². The topological polar surface area (TPSA) is 55.8 Å². The molecule has 2 atom stereocenters. The van der Waals surface area contributed by atoms with Crippen LogP contribution in [0, 0.1) is 0 Å². The Bertz CT molecular complexity index is 584. The first-order valence-electron chi connectivity index (χ1n) is 8.79. The Morgan fingerprint density at radius 1 is 1.12 bits per heavy atom. The van der Waals surface area contributed by atoms with E-state index in [1.807, 2.05) is 24.3 Å². The standard InChI is InChI=1S/C19H25NO4/c1-23-16-5-2-3-6-17(16)24-19(22)13-14-8-10-15(11-9-14)20-12-4-7-18(20)21/h8-11,16-17H,2-7,12-13H2,1H3. The van der Waals surface area contributed by atoms with Gasteiger partial charge in [-0.15, -0.1) is 0 Å². The van der Waals surface area contributed by atoms with Crippen molar-refractivity contribution in [2.24, 2.45) is 0 Å². The van der Waals surface area contributed by atoms with Crippen LogP contribution in [0.1, 0.15) is 44.1 Å². The zero-order valence-corrected chi connectivity index (χ0v) is 14.2. The number of hydrogen-bond donors (Lipinski definition) is 0. The Kier molecular flexibility index (Phi) is 5.51. The molecule has 1 saturated heterocycles. The highest BCUT2D eigenvalue weighted by atomic mass is 16.6. The largest absolute Gasteiger partial charge is 0.459 e. The molecule has 0 N–H and O–H groups in total. The van der Waals surface area contributed by atoms with E-state index in [1.54, 1.807) is 12.0 Å². The molecule has 1 aromatic rings. The molecule has 5 nitrogen and oxygen atoms in total. The molecule has 1 aliphatic heterocycles. The molecule has 0 aromatic heterocycles. The van der Waals surface area contributed by atoms with Crippen molar-refractivity contribution in [2.45, 2.75) is 57.2 Å². The van der Waals surface area contributed by atoms with Crippen LogP contribution in [-0.2, 0) is 25.5 Å². The third-order valence-corrected chi connectivity index (χ3v) is 4.90. The van der Waals surface area contributed by atoms with E-state index in [2.05, 4.69) is 0 Å². The molecule has 3 rings (SSSR count). The van der Waals surface area contributed by atoms with Crippen molar-refractivity contribution in [3.63, 3.8) is 0 Å². The maximum absolute atomic E-state index is 12.2. The van der Waals surface area contributed by atoms with Gasteiger partial charge in [-0.25, -0.2) is 0 Å². The molecule has 1 aliphatic carbocycles. The number of anilines is 1. The summed E-state index contributed by atoms with van der Waals surface area (Å²) in [6, 6.07) is 7.61. The molecule has 1 saturated carbocycles. The molecule has 130 valence electrons. The minimum Gasteiger partial charge on any atom is -0.459 e. The van der Waals surface area contributed by atoms with E-state index >= 15 is 0 Å². The second kappa shape index (κ2) is 7.79. The summed E-state index contributed by atoms with van der Waals surface area (Å²) in [7, 11) is 1.68. The summed E-state index contributed by atoms with van der Waals surface area (Å²) in [6.45, 7) is 0.778. The predicted octanol–water partition coefficient (Wildman–Crippen LogP) is 2.86. The lowest BCUT2D eigenvalue weighted by atomic mass is 9.94. The van der Waals surface area contributed by atoms with Crippen molar-refractivity contribution in [3.05, 3.63) is 29.8 Å². The van der Waals surface area contributed by atoms with Crippen LogP contribution in [0.5, 0.6) is 0 Å². The Morgan fingerprint density at radius 3 is 2.46 bits per heavy atom. The normalized spacial score (nSPS) is 24.2. The fraction of sp³-hybridized carbons (Fsp3) is 0.579. The number of nitrogens with zero attached hydrogens (tertiary/aromatic N) is 1. The summed E-state index contributed by atoms with van der Waals surface area (Å²) < 4.78 is 11.0. The zero-order valence-electron chi connectivity index (χ0n) is 14.2. The number of benzene rings is 1. The molecule has 0 radical (unpaired) electrons. The maximum Gasteiger partial charge on any atom is 0.310 e. The first-order valence-corrected chi connectivity index (χ1v) is 8.79. The van der Waals surface area contributed by atoms with Gasteiger partial charge < -0.3 is 14.4 Å². The number of ether oxygens (including phenoxy) is 2. The van der Waals surface area contributed by atoms with Gasteiger partial charge in [0.1, 0.15) is 6.10 Å². The minimum absolute atomic E-state index is 0.0197. The summed E-state index contributed by atoms with van der Waals surface area (Å²) in [5, 5.41) is 0. The molecule has 2 unspecified atom stereocenters. The minimum atomic E-state index is -0.214. The highest BCUT2D eigenvalue weighted by Gasteiger charge is 2.28. The van der Waals surface area contributed by atoms with E-state index in [0.29, 0.717) is 6.42 Å². The average molecular weight is 331 g/mol. The van der Waals surface area contributed by atoms with Crippen LogP contribution in [-0.4, -0.2) is 37.7 Å². The van der Waals surface area contributed by atoms with Crippen molar-refractivity contribution in [1.82, 2.24) is 0 Å². The number of hydrogen-bond acceptors (Lipinski definition) is 4. The molecule has 24 heavy (non-hydrogen) atoms. The van der Waals surface area contributed by atoms with Gasteiger partial charge in [0.05, 0.1) is 12.5 Å². The Balaban J connectivity index is 1.55. The predicted molar refractivity (Wildman–Crippen MR) is 90.9 cm³/mol. The number of methoxy groups -OCH3 is 1. The Hall–Kier alpha value is -1.88. The SMILES string of the molecule is COC1CCCCC1OC(=O)Cc1ccc(N2CCCC2=O)cc1. The van der Waals surface area contributed by atoms with Crippen LogP contribution >= 0.6 is 0 Å². The van der Waals surface area contributed by atoms with Crippen molar-refractivity contribution in [3.8, 4) is 0 Å². The van der Waals surface area contributed by atoms with Crippen molar-refractivity contribution >= 4 is 17.6 Å². The van der Waals surface area contributed by atoms with E-state index in [4.69, 9.17) is 9.47 Å². The summed E-state index contributed by atoms with van der Waals surface area (Å²) in [5.41, 5.74) is 1.81. The lowest BCUT2D eigenvalue weighted by molar-refractivity contribution is -0.158. The van der Waals surface area contributed by atoms with E-state index in [-0.39, 0.29) is 30.5 Å². The second-order valence-corrected chi connectivity index (χ2v) is 6.58. The van der Waals surface area contributed by atoms with E-state index in [1.165, 1.54) is 0 Å². The van der Waals surface area contributed by atoms with Crippen LogP contribution in [0.4, 0.5) is 5.69 Å². The van der Waals surface area contributed by atoms with Crippen LogP contribution in [0.3, 0.4) is 0 Å². The fourth-order valence-corrected chi connectivity index (χ4v) is 3.56. The average Bonchev–Trinajstić information content (AvgIpc) is 3.02. The molecular formula is C19H25NO4. The van der Waals surface area contributed by atoms with Gasteiger partial charge in [0.2, 0.25) is 5.91 Å². The third-order valence-electron chi connectivity index (χ3n) is 4.90. The quantitative estimate of drug-likeness (QED) is 0.779. The van der Waals surface area contributed by atoms with E-state index in [0.717, 1.165) is 49.9 Å². The lowest BCUT2D eigenvalue weighted by Crippen LogP contribution is -2.36. The van der Waals surface area contributed by atoms with Crippen LogP contribution < -0.4 is 4.90 Å². The Morgan fingerprint density at radius 2 is 1.83 bits per heavy atom. The first-order chi connectivity index (χ1) is 11.7. The monoisotopic (exact) mass is 331 g/mol. The molecule has 1 aromatic carbocycles. The Labute approximate surface area is 142 Å². The van der Waals surface area contributed by atoms with E-state index < -0.39 is 0 Å². The van der Waals surface area contributed by atoms with Gasteiger partial charge in [-0.3, -0.25) is 9.59 Å². The summed E-state index contributed by atoms with van der Waals surface area (Å²) in [5.74, 6) is -0.0426. The molecule has 0 spiro atoms. The van der Waals surface area contributed by atoms with Crippen LogP contribution in [0.15, 0.2) is 24.3 Å². The molecule has 0 bridgehead atoms. The molecule has 1 amide bonds. The highest BCUT2D eigenvalue weighted by Crippen LogP contribution is 2.24. The molecule has 5 heteroatoms. The zero-order chi connectivity index (χ0) is 16.9. The number of carbonyl (C=O) groups excluding carboxylic acids is 2. The van der Waals surface area contributed by atoms with Crippen molar-refractivity contribution in [1.29, 1.82) is 0 Å². The van der Waals surface area contributed by atoms with Gasteiger partial charge in [-0.1, -0.05) is 18.6 Å².